The Morgan fingerprint density at radius 1 is 0.567 bits per heavy atom. The van der Waals surface area contributed by atoms with Crippen molar-refractivity contribution in [2.45, 2.75) is 137 Å². The summed E-state index contributed by atoms with van der Waals surface area (Å²) in [6.07, 6.45) is 22.9. The van der Waals surface area contributed by atoms with Gasteiger partial charge in [-0.2, -0.15) is 0 Å². The van der Waals surface area contributed by atoms with Crippen molar-refractivity contribution < 1.29 is 16.9 Å². The summed E-state index contributed by atoms with van der Waals surface area (Å²) in [5, 5.41) is 0. The van der Waals surface area contributed by atoms with E-state index >= 15 is 0 Å². The minimum atomic E-state index is 0. The number of halogens is 1. The summed E-state index contributed by atoms with van der Waals surface area (Å²) in [5.41, 5.74) is 0. The van der Waals surface area contributed by atoms with Crippen LogP contribution in [0.5, 0.6) is 0 Å². The van der Waals surface area contributed by atoms with Crippen molar-refractivity contribution in [3.63, 3.8) is 0 Å². The number of hydrogen-bond donors (Lipinski definition) is 0. The Kier molecular flexibility index (Phi) is 22.8. The summed E-state index contributed by atoms with van der Waals surface area (Å²) in [7, 11) is 5.00. The Morgan fingerprint density at radius 3 is 1.70 bits per heavy atom. The predicted molar refractivity (Wildman–Crippen MR) is 135 cm³/mol. The monoisotopic (exact) mass is 445 g/mol. The Bertz CT molecular complexity index is 340. The van der Waals surface area contributed by atoms with Crippen LogP contribution in [0.25, 0.3) is 0 Å². The molecule has 0 saturated carbocycles. The summed E-state index contributed by atoms with van der Waals surface area (Å²) in [6, 6.07) is 0. The minimum absolute atomic E-state index is 0. The first-order chi connectivity index (χ1) is 13.8. The van der Waals surface area contributed by atoms with Crippen LogP contribution in [0.1, 0.15) is 137 Å². The highest BCUT2D eigenvalue weighted by Crippen LogP contribution is 2.24. The molecule has 0 fully saturated rings. The standard InChI is InChI=1S/C28H60N.ClH/c1-8-10-11-12-13-14-15-18-24-29(6,7)25-28(21-17-16-20-26(3)4)23-22-27(5)19-9-2;/h26-28H,8-25H2,1-7H3;1H/q+1;/p-1. The smallest absolute Gasteiger partial charge is 0.0811 e. The van der Waals surface area contributed by atoms with Crippen LogP contribution in [0, 0.1) is 17.8 Å². The second kappa shape index (κ2) is 21.1. The van der Waals surface area contributed by atoms with E-state index in [1.54, 1.807) is 0 Å². The lowest BCUT2D eigenvalue weighted by atomic mass is 9.89. The molecule has 0 aliphatic heterocycles. The van der Waals surface area contributed by atoms with Gasteiger partial charge in [-0.25, -0.2) is 0 Å². The zero-order valence-electron chi connectivity index (χ0n) is 22.3. The zero-order valence-corrected chi connectivity index (χ0v) is 23.0. The molecule has 0 heterocycles. The first kappa shape index (κ1) is 32.4. The molecule has 30 heavy (non-hydrogen) atoms. The van der Waals surface area contributed by atoms with Gasteiger partial charge in [-0.15, -0.1) is 0 Å². The molecule has 0 aliphatic rings. The van der Waals surface area contributed by atoms with Gasteiger partial charge in [0.05, 0.1) is 27.2 Å². The van der Waals surface area contributed by atoms with Gasteiger partial charge in [-0.3, -0.25) is 0 Å². The van der Waals surface area contributed by atoms with E-state index in [-0.39, 0.29) is 12.4 Å². The maximum atomic E-state index is 2.50. The van der Waals surface area contributed by atoms with Crippen LogP contribution >= 0.6 is 0 Å². The van der Waals surface area contributed by atoms with E-state index in [1.807, 2.05) is 0 Å². The van der Waals surface area contributed by atoms with E-state index < -0.39 is 0 Å². The molecule has 0 aromatic carbocycles. The Balaban J connectivity index is 0. The molecular weight excluding hydrogens is 386 g/mol. The van der Waals surface area contributed by atoms with Crippen LogP contribution in [0.3, 0.4) is 0 Å². The number of quaternary nitrogens is 1. The van der Waals surface area contributed by atoms with Crippen molar-refractivity contribution in [2.75, 3.05) is 27.2 Å². The molecule has 2 unspecified atom stereocenters. The third kappa shape index (κ3) is 21.5. The summed E-state index contributed by atoms with van der Waals surface area (Å²) in [5.74, 6) is 2.72. The average molecular weight is 446 g/mol. The third-order valence-electron chi connectivity index (χ3n) is 6.86. The highest BCUT2D eigenvalue weighted by molar-refractivity contribution is 4.64. The Hall–Kier alpha value is 0.250. The normalized spacial score (nSPS) is 14.0. The molecule has 2 heteroatoms. The van der Waals surface area contributed by atoms with Crippen molar-refractivity contribution in [2.24, 2.45) is 17.8 Å². The fourth-order valence-electron chi connectivity index (χ4n) is 4.93. The van der Waals surface area contributed by atoms with Gasteiger partial charge >= 0.3 is 0 Å². The molecule has 0 aromatic rings. The molecular formula is C28H60ClN. The summed E-state index contributed by atoms with van der Waals surface area (Å²) >= 11 is 0. The topological polar surface area (TPSA) is 0 Å². The van der Waals surface area contributed by atoms with Crippen molar-refractivity contribution in [1.29, 1.82) is 0 Å². The maximum absolute atomic E-state index is 2.50. The van der Waals surface area contributed by atoms with Crippen LogP contribution in [-0.4, -0.2) is 31.7 Å². The van der Waals surface area contributed by atoms with E-state index in [4.69, 9.17) is 0 Å². The molecule has 2 atom stereocenters. The van der Waals surface area contributed by atoms with Crippen molar-refractivity contribution >= 4 is 0 Å². The maximum Gasteiger partial charge on any atom is 0.0811 e. The van der Waals surface area contributed by atoms with E-state index in [2.05, 4.69) is 48.7 Å². The fraction of sp³-hybridized carbons (Fsp3) is 1.00. The van der Waals surface area contributed by atoms with Gasteiger partial charge in [0.25, 0.3) is 0 Å². The van der Waals surface area contributed by atoms with Crippen molar-refractivity contribution in [3.8, 4) is 0 Å². The molecule has 0 saturated heterocycles. The van der Waals surface area contributed by atoms with Gasteiger partial charge in [0.1, 0.15) is 0 Å². The van der Waals surface area contributed by atoms with Gasteiger partial charge in [0, 0.05) is 5.92 Å². The third-order valence-corrected chi connectivity index (χ3v) is 6.86. The number of unbranched alkanes of at least 4 members (excludes halogenated alkanes) is 8. The molecule has 184 valence electrons. The van der Waals surface area contributed by atoms with Crippen molar-refractivity contribution in [3.05, 3.63) is 0 Å². The molecule has 0 aromatic heterocycles. The molecule has 0 radical (unpaired) electrons. The van der Waals surface area contributed by atoms with Gasteiger partial charge in [0.2, 0.25) is 0 Å². The van der Waals surface area contributed by atoms with Gasteiger partial charge < -0.3 is 16.9 Å². The Morgan fingerprint density at radius 2 is 1.13 bits per heavy atom. The number of hydrogen-bond acceptors (Lipinski definition) is 0. The first-order valence-electron chi connectivity index (χ1n) is 13.6. The quantitative estimate of drug-likeness (QED) is 0.144. The average Bonchev–Trinajstić information content (AvgIpc) is 2.65. The van der Waals surface area contributed by atoms with E-state index in [0.717, 1.165) is 17.8 Å². The Labute approximate surface area is 199 Å². The van der Waals surface area contributed by atoms with Gasteiger partial charge in [-0.1, -0.05) is 112 Å². The van der Waals surface area contributed by atoms with Crippen LogP contribution in [0.4, 0.5) is 0 Å². The summed E-state index contributed by atoms with van der Waals surface area (Å²) in [6.45, 7) is 14.6. The van der Waals surface area contributed by atoms with Crippen molar-refractivity contribution in [1.82, 2.24) is 0 Å². The van der Waals surface area contributed by atoms with Crippen LogP contribution in [0.2, 0.25) is 0 Å². The summed E-state index contributed by atoms with van der Waals surface area (Å²) < 4.78 is 1.24. The molecule has 0 bridgehead atoms. The van der Waals surface area contributed by atoms with Crippen LogP contribution in [-0.2, 0) is 0 Å². The molecule has 0 aliphatic carbocycles. The number of rotatable bonds is 21. The van der Waals surface area contributed by atoms with Gasteiger partial charge in [-0.05, 0) is 37.5 Å². The lowest BCUT2D eigenvalue weighted by Crippen LogP contribution is -3.00. The SMILES string of the molecule is CCCCCCCCCC[N+](C)(C)CC(CCCCC(C)C)CCC(C)CCC.[Cl-]. The molecule has 0 amide bonds. The van der Waals surface area contributed by atoms with Crippen LogP contribution < -0.4 is 12.4 Å². The van der Waals surface area contributed by atoms with E-state index in [1.165, 1.54) is 120 Å². The highest BCUT2D eigenvalue weighted by atomic mass is 35.5. The minimum Gasteiger partial charge on any atom is -1.00 e. The predicted octanol–water partition coefficient (Wildman–Crippen LogP) is 6.26. The lowest BCUT2D eigenvalue weighted by molar-refractivity contribution is -0.894. The molecule has 0 N–H and O–H groups in total. The second-order valence-electron chi connectivity index (χ2n) is 11.3. The first-order valence-corrected chi connectivity index (χ1v) is 13.6. The lowest BCUT2D eigenvalue weighted by Gasteiger charge is -2.34. The molecule has 1 nitrogen and oxygen atoms in total. The molecule has 0 spiro atoms. The second-order valence-corrected chi connectivity index (χ2v) is 11.3. The van der Waals surface area contributed by atoms with E-state index in [0.29, 0.717) is 0 Å². The molecule has 0 rings (SSSR count). The number of nitrogens with zero attached hydrogens (tertiary/aromatic N) is 1. The van der Waals surface area contributed by atoms with E-state index in [9.17, 15) is 0 Å². The fourth-order valence-corrected chi connectivity index (χ4v) is 4.93. The van der Waals surface area contributed by atoms with Crippen LogP contribution in [0.15, 0.2) is 0 Å². The summed E-state index contributed by atoms with van der Waals surface area (Å²) in [4.78, 5) is 0. The largest absolute Gasteiger partial charge is 1.00 e. The zero-order chi connectivity index (χ0) is 22.0. The highest BCUT2D eigenvalue weighted by Gasteiger charge is 2.22. The van der Waals surface area contributed by atoms with Gasteiger partial charge in [0.15, 0.2) is 0 Å².